The van der Waals surface area contributed by atoms with Crippen LogP contribution in [0, 0.1) is 12.7 Å². The zero-order valence-electron chi connectivity index (χ0n) is 11.4. The minimum atomic E-state index is -0.681. The van der Waals surface area contributed by atoms with E-state index in [0.717, 1.165) is 26.9 Å². The maximum atomic E-state index is 13.1. The van der Waals surface area contributed by atoms with Crippen molar-refractivity contribution in [1.29, 1.82) is 0 Å². The van der Waals surface area contributed by atoms with Crippen molar-refractivity contribution in [3.63, 3.8) is 0 Å². The lowest BCUT2D eigenvalue weighted by Gasteiger charge is -2.15. The van der Waals surface area contributed by atoms with E-state index in [2.05, 4.69) is 15.9 Å². The normalized spacial score (nSPS) is 12.2. The summed E-state index contributed by atoms with van der Waals surface area (Å²) in [6.45, 7) is 1.79. The van der Waals surface area contributed by atoms with Crippen LogP contribution in [0.2, 0.25) is 0 Å². The second kappa shape index (κ2) is 6.37. The molecular weight excluding hydrogens is 323 g/mol. The maximum absolute atomic E-state index is 13.1. The van der Waals surface area contributed by atoms with Crippen molar-refractivity contribution in [1.82, 2.24) is 0 Å². The fourth-order valence-electron chi connectivity index (χ4n) is 2.17. The first-order valence-corrected chi connectivity index (χ1v) is 7.07. The Morgan fingerprint density at radius 2 is 2.00 bits per heavy atom. The molecule has 1 N–H and O–H groups in total. The van der Waals surface area contributed by atoms with Crippen molar-refractivity contribution in [2.75, 3.05) is 7.11 Å². The Bertz CT molecular complexity index is 613. The first-order chi connectivity index (χ1) is 9.51. The van der Waals surface area contributed by atoms with Gasteiger partial charge in [-0.15, -0.1) is 0 Å². The van der Waals surface area contributed by atoms with Gasteiger partial charge in [-0.25, -0.2) is 4.39 Å². The molecule has 20 heavy (non-hydrogen) atoms. The number of ether oxygens (including phenoxy) is 1. The molecule has 0 aliphatic heterocycles. The van der Waals surface area contributed by atoms with Gasteiger partial charge in [0.05, 0.1) is 13.2 Å². The molecule has 106 valence electrons. The summed E-state index contributed by atoms with van der Waals surface area (Å²) in [5.41, 5.74) is 2.43. The zero-order chi connectivity index (χ0) is 14.7. The van der Waals surface area contributed by atoms with Crippen LogP contribution in [0.3, 0.4) is 0 Å². The smallest absolute Gasteiger partial charge is 0.123 e. The van der Waals surface area contributed by atoms with Gasteiger partial charge in [0.2, 0.25) is 0 Å². The molecule has 0 spiro atoms. The van der Waals surface area contributed by atoms with Gasteiger partial charge < -0.3 is 9.84 Å². The molecule has 1 unspecified atom stereocenters. The second-order valence-corrected chi connectivity index (χ2v) is 5.53. The Labute approximate surface area is 126 Å². The van der Waals surface area contributed by atoms with Crippen LogP contribution >= 0.6 is 15.9 Å². The molecule has 0 aliphatic rings. The molecule has 2 aromatic carbocycles. The molecule has 0 bridgehead atoms. The van der Waals surface area contributed by atoms with Gasteiger partial charge in [-0.05, 0) is 53.9 Å². The predicted octanol–water partition coefficient (Wildman–Crippen LogP) is 4.18. The Morgan fingerprint density at radius 1 is 1.25 bits per heavy atom. The number of aliphatic hydroxyl groups excluding tert-OH is 1. The van der Waals surface area contributed by atoms with E-state index in [-0.39, 0.29) is 5.82 Å². The lowest BCUT2D eigenvalue weighted by atomic mass is 9.97. The highest BCUT2D eigenvalue weighted by Crippen LogP contribution is 2.28. The van der Waals surface area contributed by atoms with Gasteiger partial charge in [-0.2, -0.15) is 0 Å². The summed E-state index contributed by atoms with van der Waals surface area (Å²) in [7, 11) is 1.60. The molecule has 0 amide bonds. The lowest BCUT2D eigenvalue weighted by molar-refractivity contribution is 0.177. The van der Waals surface area contributed by atoms with E-state index in [9.17, 15) is 9.50 Å². The van der Waals surface area contributed by atoms with Crippen LogP contribution < -0.4 is 4.74 Å². The predicted molar refractivity (Wildman–Crippen MR) is 80.5 cm³/mol. The zero-order valence-corrected chi connectivity index (χ0v) is 12.9. The van der Waals surface area contributed by atoms with Gasteiger partial charge in [0, 0.05) is 10.9 Å². The maximum Gasteiger partial charge on any atom is 0.123 e. The summed E-state index contributed by atoms with van der Waals surface area (Å²) in [4.78, 5) is 0. The molecule has 0 saturated heterocycles. The van der Waals surface area contributed by atoms with Gasteiger partial charge in [0.25, 0.3) is 0 Å². The van der Waals surface area contributed by atoms with Gasteiger partial charge in [-0.1, -0.05) is 22.0 Å². The number of halogens is 2. The quantitative estimate of drug-likeness (QED) is 0.905. The Balaban J connectivity index is 2.25. The van der Waals surface area contributed by atoms with E-state index in [0.29, 0.717) is 6.42 Å². The van der Waals surface area contributed by atoms with Crippen LogP contribution in [0.5, 0.6) is 5.75 Å². The molecule has 0 heterocycles. The minimum Gasteiger partial charge on any atom is -0.497 e. The number of rotatable bonds is 4. The highest BCUT2D eigenvalue weighted by atomic mass is 79.9. The molecule has 0 fully saturated rings. The Morgan fingerprint density at radius 3 is 2.65 bits per heavy atom. The molecule has 0 saturated carbocycles. The Hall–Kier alpha value is -1.39. The van der Waals surface area contributed by atoms with Crippen molar-refractivity contribution in [3.05, 3.63) is 63.4 Å². The topological polar surface area (TPSA) is 29.5 Å². The largest absolute Gasteiger partial charge is 0.497 e. The van der Waals surface area contributed by atoms with E-state index in [1.165, 1.54) is 12.1 Å². The van der Waals surface area contributed by atoms with Crippen LogP contribution in [-0.4, -0.2) is 12.2 Å². The van der Waals surface area contributed by atoms with Crippen LogP contribution in [0.25, 0.3) is 0 Å². The third-order valence-corrected chi connectivity index (χ3v) is 4.03. The third kappa shape index (κ3) is 3.38. The van der Waals surface area contributed by atoms with Crippen molar-refractivity contribution in [2.45, 2.75) is 19.4 Å². The van der Waals surface area contributed by atoms with Gasteiger partial charge in [0.1, 0.15) is 11.6 Å². The van der Waals surface area contributed by atoms with Gasteiger partial charge in [-0.3, -0.25) is 0 Å². The van der Waals surface area contributed by atoms with Crippen LogP contribution in [0.15, 0.2) is 40.9 Å². The van der Waals surface area contributed by atoms with Gasteiger partial charge in [0.15, 0.2) is 0 Å². The van der Waals surface area contributed by atoms with Crippen molar-refractivity contribution in [3.8, 4) is 5.75 Å². The van der Waals surface area contributed by atoms with Crippen molar-refractivity contribution < 1.29 is 14.2 Å². The van der Waals surface area contributed by atoms with E-state index in [1.54, 1.807) is 20.1 Å². The summed E-state index contributed by atoms with van der Waals surface area (Å²) in [5.74, 6) is 0.451. The summed E-state index contributed by atoms with van der Waals surface area (Å²) < 4.78 is 19.2. The molecule has 0 aromatic heterocycles. The molecule has 2 aromatic rings. The molecular formula is C16H16BrFO2. The minimum absolute atomic E-state index is 0.291. The van der Waals surface area contributed by atoms with Crippen LogP contribution in [-0.2, 0) is 6.42 Å². The summed E-state index contributed by atoms with van der Waals surface area (Å²) >= 11 is 3.46. The van der Waals surface area contributed by atoms with Gasteiger partial charge >= 0.3 is 0 Å². The summed E-state index contributed by atoms with van der Waals surface area (Å²) in [6, 6.07) is 10.0. The van der Waals surface area contributed by atoms with Crippen molar-refractivity contribution in [2.24, 2.45) is 0 Å². The van der Waals surface area contributed by atoms with E-state index < -0.39 is 6.10 Å². The Kier molecular flexibility index (Phi) is 4.78. The first-order valence-electron chi connectivity index (χ1n) is 6.28. The first kappa shape index (κ1) is 15.0. The summed E-state index contributed by atoms with van der Waals surface area (Å²) in [5, 5.41) is 10.3. The molecule has 2 rings (SSSR count). The number of aryl methyl sites for hydroxylation is 1. The standard InChI is InChI=1S/C16H16BrFO2/c1-10-7-12(18)3-5-14(10)16(19)9-11-8-13(20-2)4-6-15(11)17/h3-8,16,19H,9H2,1-2H3. The molecule has 4 heteroatoms. The average Bonchev–Trinajstić information content (AvgIpc) is 2.41. The van der Waals surface area contributed by atoms with Crippen LogP contribution in [0.4, 0.5) is 4.39 Å². The lowest BCUT2D eigenvalue weighted by Crippen LogP contribution is -2.05. The number of hydrogen-bond acceptors (Lipinski definition) is 2. The van der Waals surface area contributed by atoms with E-state index in [1.807, 2.05) is 18.2 Å². The van der Waals surface area contributed by atoms with E-state index >= 15 is 0 Å². The SMILES string of the molecule is COc1ccc(Br)c(CC(O)c2ccc(F)cc2C)c1. The fraction of sp³-hybridized carbons (Fsp3) is 0.250. The monoisotopic (exact) mass is 338 g/mol. The summed E-state index contributed by atoms with van der Waals surface area (Å²) in [6.07, 6.45) is -0.247. The number of hydrogen-bond donors (Lipinski definition) is 1. The molecule has 1 atom stereocenters. The number of benzene rings is 2. The van der Waals surface area contributed by atoms with Crippen molar-refractivity contribution >= 4 is 15.9 Å². The number of methoxy groups -OCH3 is 1. The third-order valence-electron chi connectivity index (χ3n) is 3.26. The highest BCUT2D eigenvalue weighted by molar-refractivity contribution is 9.10. The second-order valence-electron chi connectivity index (χ2n) is 4.68. The molecule has 2 nitrogen and oxygen atoms in total. The molecule has 0 aliphatic carbocycles. The fourth-order valence-corrected chi connectivity index (χ4v) is 2.57. The van der Waals surface area contributed by atoms with E-state index in [4.69, 9.17) is 4.74 Å². The average molecular weight is 339 g/mol. The highest BCUT2D eigenvalue weighted by Gasteiger charge is 2.14. The van der Waals surface area contributed by atoms with Crippen LogP contribution in [0.1, 0.15) is 22.8 Å². The number of aliphatic hydroxyl groups is 1. The molecule has 0 radical (unpaired) electrons.